The molecule has 1 rings (SSSR count). The predicted molar refractivity (Wildman–Crippen MR) is 70.0 cm³/mol. The zero-order chi connectivity index (χ0) is 12.5. The molecule has 3 nitrogen and oxygen atoms in total. The van der Waals surface area contributed by atoms with E-state index in [2.05, 4.69) is 11.9 Å². The second-order valence-electron chi connectivity index (χ2n) is 4.02. The first-order chi connectivity index (χ1) is 8.24. The first-order valence-electron chi connectivity index (χ1n) is 6.07. The fraction of sp³-hybridized carbons (Fsp3) is 0.429. The molecule has 1 N–H and O–H groups in total. The molecule has 92 valence electrons. The van der Waals surface area contributed by atoms with Crippen LogP contribution in [0.1, 0.15) is 48.5 Å². The lowest BCUT2D eigenvalue weighted by molar-refractivity contribution is 0.0697. The van der Waals surface area contributed by atoms with Crippen molar-refractivity contribution in [2.45, 2.75) is 32.6 Å². The zero-order valence-electron chi connectivity index (χ0n) is 10.2. The fourth-order valence-electron chi connectivity index (χ4n) is 1.51. The van der Waals surface area contributed by atoms with E-state index in [-0.39, 0.29) is 0 Å². The third kappa shape index (κ3) is 5.29. The lowest BCUT2D eigenvalue weighted by atomic mass is 10.1. The maximum absolute atomic E-state index is 10.6. The first kappa shape index (κ1) is 13.4. The number of carbonyl (C=O) groups is 1. The van der Waals surface area contributed by atoms with Gasteiger partial charge in [0, 0.05) is 12.8 Å². The Morgan fingerprint density at radius 3 is 2.53 bits per heavy atom. The summed E-state index contributed by atoms with van der Waals surface area (Å²) in [6, 6.07) is 6.75. The Bertz CT molecular complexity index is 368. The maximum atomic E-state index is 10.6. The van der Waals surface area contributed by atoms with Crippen LogP contribution in [0.4, 0.5) is 0 Å². The molecule has 0 amide bonds. The SMILES string of the molecule is CCCCCCN=Cc1ccc(C(=O)O)cc1. The van der Waals surface area contributed by atoms with E-state index in [1.165, 1.54) is 19.3 Å². The molecule has 1 aromatic carbocycles. The Morgan fingerprint density at radius 1 is 1.24 bits per heavy atom. The van der Waals surface area contributed by atoms with E-state index >= 15 is 0 Å². The van der Waals surface area contributed by atoms with E-state index in [0.717, 1.165) is 18.5 Å². The molecule has 0 fully saturated rings. The summed E-state index contributed by atoms with van der Waals surface area (Å²) in [5.41, 5.74) is 1.26. The summed E-state index contributed by atoms with van der Waals surface area (Å²) in [4.78, 5) is 15.0. The Morgan fingerprint density at radius 2 is 1.94 bits per heavy atom. The second-order valence-corrected chi connectivity index (χ2v) is 4.02. The largest absolute Gasteiger partial charge is 0.478 e. The smallest absolute Gasteiger partial charge is 0.335 e. The van der Waals surface area contributed by atoms with Gasteiger partial charge in [-0.3, -0.25) is 4.99 Å². The van der Waals surface area contributed by atoms with E-state index in [9.17, 15) is 4.79 Å². The minimum absolute atomic E-state index is 0.310. The molecule has 0 bridgehead atoms. The highest BCUT2D eigenvalue weighted by Gasteiger charge is 1.99. The number of benzene rings is 1. The Balaban J connectivity index is 2.36. The average Bonchev–Trinajstić information content (AvgIpc) is 2.34. The van der Waals surface area contributed by atoms with Crippen LogP contribution < -0.4 is 0 Å². The van der Waals surface area contributed by atoms with Gasteiger partial charge in [-0.25, -0.2) is 4.79 Å². The summed E-state index contributed by atoms with van der Waals surface area (Å²) in [6.07, 6.45) is 6.66. The zero-order valence-corrected chi connectivity index (χ0v) is 10.2. The van der Waals surface area contributed by atoms with Crippen molar-refractivity contribution in [2.24, 2.45) is 4.99 Å². The lowest BCUT2D eigenvalue weighted by Gasteiger charge is -1.96. The highest BCUT2D eigenvalue weighted by molar-refractivity contribution is 5.89. The molecule has 0 saturated carbocycles. The van der Waals surface area contributed by atoms with Gasteiger partial charge in [0.05, 0.1) is 5.56 Å². The summed E-state index contributed by atoms with van der Waals surface area (Å²) in [7, 11) is 0. The number of carboxylic acid groups (broad SMARTS) is 1. The summed E-state index contributed by atoms with van der Waals surface area (Å²) in [6.45, 7) is 3.04. The first-order valence-corrected chi connectivity index (χ1v) is 6.07. The molecule has 0 spiro atoms. The number of unbranched alkanes of at least 4 members (excludes halogenated alkanes) is 3. The standard InChI is InChI=1S/C14H19NO2/c1-2-3-4-5-10-15-11-12-6-8-13(9-7-12)14(16)17/h6-9,11H,2-5,10H2,1H3,(H,16,17). The van der Waals surface area contributed by atoms with Gasteiger partial charge in [-0.1, -0.05) is 38.3 Å². The van der Waals surface area contributed by atoms with Crippen LogP contribution in [-0.2, 0) is 0 Å². The van der Waals surface area contributed by atoms with E-state index in [4.69, 9.17) is 5.11 Å². The van der Waals surface area contributed by atoms with E-state index in [1.807, 2.05) is 0 Å². The monoisotopic (exact) mass is 233 g/mol. The third-order valence-electron chi connectivity index (χ3n) is 2.54. The number of hydrogen-bond donors (Lipinski definition) is 1. The van der Waals surface area contributed by atoms with Crippen LogP contribution in [-0.4, -0.2) is 23.8 Å². The van der Waals surface area contributed by atoms with Crippen molar-refractivity contribution in [1.29, 1.82) is 0 Å². The summed E-state index contributed by atoms with van der Waals surface area (Å²) >= 11 is 0. The summed E-state index contributed by atoms with van der Waals surface area (Å²) in [5, 5.41) is 8.74. The number of carboxylic acids is 1. The molecule has 0 aliphatic rings. The molecule has 0 heterocycles. The lowest BCUT2D eigenvalue weighted by Crippen LogP contribution is -1.95. The van der Waals surface area contributed by atoms with E-state index < -0.39 is 5.97 Å². The van der Waals surface area contributed by atoms with Gasteiger partial charge in [-0.15, -0.1) is 0 Å². The van der Waals surface area contributed by atoms with Crippen molar-refractivity contribution in [3.8, 4) is 0 Å². The molecule has 0 radical (unpaired) electrons. The van der Waals surface area contributed by atoms with Gasteiger partial charge in [-0.05, 0) is 24.1 Å². The van der Waals surface area contributed by atoms with Gasteiger partial charge >= 0.3 is 5.97 Å². The second kappa shape index (κ2) is 7.60. The fourth-order valence-corrected chi connectivity index (χ4v) is 1.51. The maximum Gasteiger partial charge on any atom is 0.335 e. The molecular weight excluding hydrogens is 214 g/mol. The average molecular weight is 233 g/mol. The van der Waals surface area contributed by atoms with Crippen LogP contribution in [0.5, 0.6) is 0 Å². The minimum Gasteiger partial charge on any atom is -0.478 e. The Hall–Kier alpha value is -1.64. The molecule has 0 aliphatic heterocycles. The minimum atomic E-state index is -0.895. The molecule has 0 aliphatic carbocycles. The van der Waals surface area contributed by atoms with Crippen LogP contribution >= 0.6 is 0 Å². The molecule has 17 heavy (non-hydrogen) atoms. The molecule has 0 aromatic heterocycles. The number of aromatic carboxylic acids is 1. The van der Waals surface area contributed by atoms with Gasteiger partial charge in [-0.2, -0.15) is 0 Å². The van der Waals surface area contributed by atoms with Gasteiger partial charge in [0.15, 0.2) is 0 Å². The molecular formula is C14H19NO2. The summed E-state index contributed by atoms with van der Waals surface area (Å²) in [5.74, 6) is -0.895. The van der Waals surface area contributed by atoms with Crippen LogP contribution in [0.2, 0.25) is 0 Å². The highest BCUT2D eigenvalue weighted by Crippen LogP contribution is 2.03. The topological polar surface area (TPSA) is 49.7 Å². The molecule has 0 saturated heterocycles. The van der Waals surface area contributed by atoms with Crippen LogP contribution in [0.15, 0.2) is 29.3 Å². The highest BCUT2D eigenvalue weighted by atomic mass is 16.4. The van der Waals surface area contributed by atoms with Gasteiger partial charge in [0.25, 0.3) is 0 Å². The number of nitrogens with zero attached hydrogens (tertiary/aromatic N) is 1. The quantitative estimate of drug-likeness (QED) is 0.579. The number of hydrogen-bond acceptors (Lipinski definition) is 2. The normalized spacial score (nSPS) is 10.9. The van der Waals surface area contributed by atoms with Crippen molar-refractivity contribution in [3.63, 3.8) is 0 Å². The van der Waals surface area contributed by atoms with Crippen molar-refractivity contribution < 1.29 is 9.90 Å². The number of aliphatic imine (C=N–C) groups is 1. The Kier molecular flexibility index (Phi) is 6.00. The van der Waals surface area contributed by atoms with Crippen molar-refractivity contribution in [1.82, 2.24) is 0 Å². The van der Waals surface area contributed by atoms with E-state index in [1.54, 1.807) is 30.5 Å². The summed E-state index contributed by atoms with van der Waals surface area (Å²) < 4.78 is 0. The van der Waals surface area contributed by atoms with Gasteiger partial charge in [0.2, 0.25) is 0 Å². The van der Waals surface area contributed by atoms with Crippen LogP contribution in [0.25, 0.3) is 0 Å². The molecule has 1 aromatic rings. The third-order valence-corrected chi connectivity index (χ3v) is 2.54. The van der Waals surface area contributed by atoms with Crippen molar-refractivity contribution in [2.75, 3.05) is 6.54 Å². The van der Waals surface area contributed by atoms with Crippen molar-refractivity contribution >= 4 is 12.2 Å². The van der Waals surface area contributed by atoms with Gasteiger partial charge in [0.1, 0.15) is 0 Å². The van der Waals surface area contributed by atoms with Crippen LogP contribution in [0.3, 0.4) is 0 Å². The molecule has 0 atom stereocenters. The molecule has 3 heteroatoms. The van der Waals surface area contributed by atoms with Crippen molar-refractivity contribution in [3.05, 3.63) is 35.4 Å². The van der Waals surface area contributed by atoms with Gasteiger partial charge < -0.3 is 5.11 Å². The number of rotatable bonds is 7. The Labute approximate surface area is 102 Å². The predicted octanol–water partition coefficient (Wildman–Crippen LogP) is 3.38. The van der Waals surface area contributed by atoms with E-state index in [0.29, 0.717) is 5.56 Å². The molecule has 0 unspecified atom stereocenters. The van der Waals surface area contributed by atoms with Crippen LogP contribution in [0, 0.1) is 0 Å².